The number of nitrogens with two attached hydrogens (primary N) is 1. The van der Waals surface area contributed by atoms with Gasteiger partial charge in [0.25, 0.3) is 10.1 Å². The predicted molar refractivity (Wildman–Crippen MR) is 162 cm³/mol. The second-order valence-corrected chi connectivity index (χ2v) is 23.2. The molecule has 0 aromatic carbocycles. The summed E-state index contributed by atoms with van der Waals surface area (Å²) < 4.78 is 58.0. The molecule has 2 aliphatic heterocycles. The first-order valence-corrected chi connectivity index (χ1v) is 20.4. The SMILES string of the molecule is CC(C)[Si]1(C(C)C)OC[C@H]2O[C@@H](n3cnc4c(N)ncnc43)[C@](O)(CCCOS(C)(=O)=O)[C@@H]2O[Si](C(C)C)(C(C)C)O1. The van der Waals surface area contributed by atoms with E-state index < -0.39 is 51.3 Å². The van der Waals surface area contributed by atoms with E-state index in [1.165, 1.54) is 12.7 Å². The summed E-state index contributed by atoms with van der Waals surface area (Å²) in [6.07, 6.45) is 1.69. The van der Waals surface area contributed by atoms with Crippen molar-refractivity contribution < 1.29 is 35.4 Å². The first-order chi connectivity index (χ1) is 19.5. The van der Waals surface area contributed by atoms with Crippen molar-refractivity contribution in [2.24, 2.45) is 0 Å². The third kappa shape index (κ3) is 5.93. The molecule has 0 radical (unpaired) electrons. The zero-order chi connectivity index (χ0) is 31.3. The standard InChI is InChI=1S/C26H47N5O8SSi2/c1-16(2)41(17(3)4)36-13-20-22(38-42(39-41,18(5)6)19(7)8)26(32,11-10-12-35-40(9,33)34)25(37-20)31-15-30-21-23(27)28-14-29-24(21)31/h14-20,22,25,32H,10-13H2,1-9H3,(H2,27,28,29)/t20-,22-,25-,26+/m1/s1. The van der Waals surface area contributed by atoms with Gasteiger partial charge in [0.2, 0.25) is 0 Å². The first kappa shape index (κ1) is 33.4. The molecule has 2 aromatic heterocycles. The molecule has 3 N–H and O–H groups in total. The van der Waals surface area contributed by atoms with E-state index in [0.717, 1.165) is 6.26 Å². The normalized spacial score (nSPS) is 28.1. The Bertz CT molecular complexity index is 1340. The highest BCUT2D eigenvalue weighted by Crippen LogP contribution is 2.52. The molecule has 0 spiro atoms. The summed E-state index contributed by atoms with van der Waals surface area (Å²) in [4.78, 5) is 12.8. The van der Waals surface area contributed by atoms with E-state index in [2.05, 4.69) is 70.3 Å². The van der Waals surface area contributed by atoms with E-state index in [-0.39, 0.29) is 54.0 Å². The van der Waals surface area contributed by atoms with Crippen molar-refractivity contribution in [1.82, 2.24) is 19.5 Å². The predicted octanol–water partition coefficient (Wildman–Crippen LogP) is 3.75. The Balaban J connectivity index is 1.85. The lowest BCUT2D eigenvalue weighted by Crippen LogP contribution is -2.67. The smallest absolute Gasteiger partial charge is 0.335 e. The quantitative estimate of drug-likeness (QED) is 0.218. The lowest BCUT2D eigenvalue weighted by molar-refractivity contribution is -0.113. The summed E-state index contributed by atoms with van der Waals surface area (Å²) in [5, 5.41) is 12.7. The van der Waals surface area contributed by atoms with Crippen LogP contribution in [-0.4, -0.2) is 87.4 Å². The largest absolute Gasteiger partial charge is 0.414 e. The van der Waals surface area contributed by atoms with Crippen molar-refractivity contribution in [3.63, 3.8) is 0 Å². The monoisotopic (exact) mass is 645 g/mol. The third-order valence-electron chi connectivity index (χ3n) is 8.54. The van der Waals surface area contributed by atoms with Crippen LogP contribution in [-0.2, 0) is 32.0 Å². The van der Waals surface area contributed by atoms with Crippen LogP contribution in [0.2, 0.25) is 22.2 Å². The Labute approximate surface area is 251 Å². The van der Waals surface area contributed by atoms with Gasteiger partial charge in [0, 0.05) is 0 Å². The van der Waals surface area contributed by atoms with Crippen LogP contribution in [0.25, 0.3) is 11.2 Å². The number of aromatic nitrogens is 4. The number of aliphatic hydroxyl groups is 1. The lowest BCUT2D eigenvalue weighted by Gasteiger charge is -2.52. The van der Waals surface area contributed by atoms with Crippen LogP contribution in [0.1, 0.15) is 74.5 Å². The molecule has 4 atom stereocenters. The highest BCUT2D eigenvalue weighted by atomic mass is 32.2. The number of ether oxygens (including phenoxy) is 1. The van der Waals surface area contributed by atoms with Crippen LogP contribution in [0.3, 0.4) is 0 Å². The van der Waals surface area contributed by atoms with Crippen LogP contribution in [0.5, 0.6) is 0 Å². The molecule has 0 aliphatic carbocycles. The van der Waals surface area contributed by atoms with E-state index in [1.807, 2.05) is 0 Å². The number of nitrogens with zero attached hydrogens (tertiary/aromatic N) is 4. The Morgan fingerprint density at radius 2 is 1.69 bits per heavy atom. The van der Waals surface area contributed by atoms with Crippen molar-refractivity contribution >= 4 is 44.2 Å². The Kier molecular flexibility index (Phi) is 9.63. The Morgan fingerprint density at radius 1 is 1.07 bits per heavy atom. The van der Waals surface area contributed by atoms with Crippen molar-refractivity contribution in [3.8, 4) is 0 Å². The summed E-state index contributed by atoms with van der Waals surface area (Å²) in [7, 11) is -9.61. The van der Waals surface area contributed by atoms with Gasteiger partial charge in [-0.05, 0) is 35.0 Å². The van der Waals surface area contributed by atoms with Gasteiger partial charge >= 0.3 is 17.1 Å². The maximum atomic E-state index is 12.7. The molecule has 0 saturated carbocycles. The van der Waals surface area contributed by atoms with E-state index in [9.17, 15) is 13.5 Å². The Hall–Kier alpha value is -1.51. The highest BCUT2D eigenvalue weighted by molar-refractivity contribution is 7.85. The number of nitrogen functional groups attached to an aromatic ring is 1. The second-order valence-electron chi connectivity index (χ2n) is 12.7. The van der Waals surface area contributed by atoms with Crippen molar-refractivity contribution in [1.29, 1.82) is 0 Å². The summed E-state index contributed by atoms with van der Waals surface area (Å²) in [6, 6.07) is 0. The number of fused-ring (bicyclic) bond motifs is 2. The van der Waals surface area contributed by atoms with E-state index >= 15 is 0 Å². The molecule has 238 valence electrons. The molecule has 42 heavy (non-hydrogen) atoms. The van der Waals surface area contributed by atoms with Crippen molar-refractivity contribution in [2.45, 2.75) is 114 Å². The van der Waals surface area contributed by atoms with Gasteiger partial charge in [-0.3, -0.25) is 8.75 Å². The molecule has 0 bridgehead atoms. The molecule has 0 unspecified atom stereocenters. The lowest BCUT2D eigenvalue weighted by atomic mass is 9.89. The number of imidazole rings is 1. The molecule has 2 saturated heterocycles. The first-order valence-electron chi connectivity index (χ1n) is 14.7. The third-order valence-corrected chi connectivity index (χ3v) is 19.4. The number of hydrogen-bond donors (Lipinski definition) is 2. The van der Waals surface area contributed by atoms with Crippen LogP contribution < -0.4 is 5.73 Å². The van der Waals surface area contributed by atoms with E-state index in [1.54, 1.807) is 4.57 Å². The molecule has 4 rings (SSSR count). The summed E-state index contributed by atoms with van der Waals surface area (Å²) in [5.41, 5.74) is 5.54. The maximum Gasteiger partial charge on any atom is 0.335 e. The minimum absolute atomic E-state index is 0.0303. The highest BCUT2D eigenvalue weighted by Gasteiger charge is 2.65. The molecule has 16 heteroatoms. The van der Waals surface area contributed by atoms with Gasteiger partial charge in [0.05, 0.1) is 25.8 Å². The minimum atomic E-state index is -3.65. The molecular formula is C26H47N5O8SSi2. The van der Waals surface area contributed by atoms with Crippen LogP contribution >= 0.6 is 0 Å². The number of rotatable bonds is 10. The van der Waals surface area contributed by atoms with E-state index in [4.69, 9.17) is 27.6 Å². The zero-order valence-electron chi connectivity index (χ0n) is 26.1. The van der Waals surface area contributed by atoms with Gasteiger partial charge in [-0.15, -0.1) is 0 Å². The Morgan fingerprint density at radius 3 is 2.26 bits per heavy atom. The van der Waals surface area contributed by atoms with Crippen LogP contribution in [0.15, 0.2) is 12.7 Å². The maximum absolute atomic E-state index is 12.7. The molecule has 2 aromatic rings. The number of anilines is 1. The fourth-order valence-electron chi connectivity index (χ4n) is 6.43. The molecule has 2 fully saturated rings. The summed E-state index contributed by atoms with van der Waals surface area (Å²) in [6.45, 7) is 17.1. The van der Waals surface area contributed by atoms with Gasteiger partial charge in [-0.25, -0.2) is 15.0 Å². The average molecular weight is 646 g/mol. The van der Waals surface area contributed by atoms with Crippen LogP contribution in [0, 0.1) is 0 Å². The topological polar surface area (TPSA) is 170 Å². The zero-order valence-corrected chi connectivity index (χ0v) is 28.9. The fourth-order valence-corrected chi connectivity index (χ4v) is 18.1. The van der Waals surface area contributed by atoms with Gasteiger partial charge in [0.15, 0.2) is 17.7 Å². The molecule has 0 amide bonds. The molecule has 4 heterocycles. The van der Waals surface area contributed by atoms with E-state index in [0.29, 0.717) is 11.2 Å². The minimum Gasteiger partial charge on any atom is -0.414 e. The van der Waals surface area contributed by atoms with Crippen molar-refractivity contribution in [3.05, 3.63) is 12.7 Å². The molecule has 13 nitrogen and oxygen atoms in total. The average Bonchev–Trinajstić information content (AvgIpc) is 3.40. The molecule has 2 aliphatic rings. The van der Waals surface area contributed by atoms with Gasteiger partial charge in [-0.2, -0.15) is 8.42 Å². The van der Waals surface area contributed by atoms with Gasteiger partial charge in [0.1, 0.15) is 29.7 Å². The summed E-state index contributed by atoms with van der Waals surface area (Å²) >= 11 is 0. The van der Waals surface area contributed by atoms with Gasteiger partial charge < -0.3 is 28.5 Å². The molecular weight excluding hydrogens is 599 g/mol. The fraction of sp³-hybridized carbons (Fsp3) is 0.808. The van der Waals surface area contributed by atoms with Gasteiger partial charge in [-0.1, -0.05) is 55.4 Å². The van der Waals surface area contributed by atoms with Crippen LogP contribution in [0.4, 0.5) is 5.82 Å². The number of hydrogen-bond acceptors (Lipinski definition) is 12. The summed E-state index contributed by atoms with van der Waals surface area (Å²) in [5.74, 6) is 0.205. The second kappa shape index (κ2) is 12.1. The van der Waals surface area contributed by atoms with Crippen molar-refractivity contribution in [2.75, 3.05) is 25.2 Å².